The molecule has 0 unspecified atom stereocenters. The summed E-state index contributed by atoms with van der Waals surface area (Å²) < 4.78 is 34.4. The Bertz CT molecular complexity index is 873. The smallest absolute Gasteiger partial charge is 0.231 e. The van der Waals surface area contributed by atoms with Gasteiger partial charge in [0, 0.05) is 31.3 Å². The Morgan fingerprint density at radius 3 is 2.74 bits per heavy atom. The number of hydrogen-bond acceptors (Lipinski definition) is 7. The first-order chi connectivity index (χ1) is 13.2. The minimum atomic E-state index is -2.49. The molecular weight excluding hydrogens is 368 g/mol. The van der Waals surface area contributed by atoms with E-state index in [2.05, 4.69) is 19.6 Å². The van der Waals surface area contributed by atoms with Crippen LogP contribution in [0.15, 0.2) is 30.6 Å². The number of anilines is 1. The second kappa shape index (κ2) is 8.10. The van der Waals surface area contributed by atoms with Crippen molar-refractivity contribution in [1.29, 1.82) is 0 Å². The number of rotatable bonds is 6. The molecule has 0 spiro atoms. The summed E-state index contributed by atoms with van der Waals surface area (Å²) in [7, 11) is -2.49. The molecule has 1 aromatic carbocycles. The van der Waals surface area contributed by atoms with Gasteiger partial charge in [-0.15, -0.1) is 0 Å². The van der Waals surface area contributed by atoms with Crippen LogP contribution in [0.25, 0.3) is 11.3 Å². The van der Waals surface area contributed by atoms with Gasteiger partial charge in [-0.3, -0.25) is 0 Å². The first-order valence-corrected chi connectivity index (χ1v) is 10.2. The maximum absolute atomic E-state index is 10.6. The van der Waals surface area contributed by atoms with Gasteiger partial charge in [0.05, 0.1) is 5.69 Å². The van der Waals surface area contributed by atoms with Crippen molar-refractivity contribution >= 4 is 16.7 Å². The van der Waals surface area contributed by atoms with Gasteiger partial charge in [0.25, 0.3) is 0 Å². The van der Waals surface area contributed by atoms with Gasteiger partial charge in [-0.25, -0.2) is 23.1 Å². The van der Waals surface area contributed by atoms with Gasteiger partial charge < -0.3 is 14.4 Å². The number of benzene rings is 1. The third kappa shape index (κ3) is 4.30. The van der Waals surface area contributed by atoms with E-state index >= 15 is 0 Å². The molecule has 1 N–H and O–H groups in total. The molecule has 0 atom stereocenters. The van der Waals surface area contributed by atoms with Gasteiger partial charge in [-0.1, -0.05) is 0 Å². The molecule has 4 rings (SSSR count). The van der Waals surface area contributed by atoms with Crippen LogP contribution in [0.3, 0.4) is 0 Å². The minimum Gasteiger partial charge on any atom is -0.454 e. The van der Waals surface area contributed by atoms with Crippen molar-refractivity contribution in [3.05, 3.63) is 30.6 Å². The van der Waals surface area contributed by atoms with Gasteiger partial charge >= 0.3 is 0 Å². The molecule has 144 valence electrons. The van der Waals surface area contributed by atoms with Gasteiger partial charge in [0.2, 0.25) is 17.7 Å². The van der Waals surface area contributed by atoms with Crippen molar-refractivity contribution in [2.24, 2.45) is 5.92 Å². The lowest BCUT2D eigenvalue weighted by Gasteiger charge is -2.32. The molecule has 0 amide bonds. The van der Waals surface area contributed by atoms with Crippen molar-refractivity contribution in [2.45, 2.75) is 19.3 Å². The van der Waals surface area contributed by atoms with Gasteiger partial charge in [-0.05, 0) is 43.4 Å². The van der Waals surface area contributed by atoms with E-state index in [0.29, 0.717) is 12.5 Å². The van der Waals surface area contributed by atoms with Crippen molar-refractivity contribution in [1.82, 2.24) is 14.7 Å². The number of fused-ring (bicyclic) bond motifs is 1. The molecule has 8 nitrogen and oxygen atoms in total. The van der Waals surface area contributed by atoms with Crippen LogP contribution in [-0.2, 0) is 10.9 Å². The Hall–Kier alpha value is -2.39. The maximum atomic E-state index is 10.6. The number of thiol groups is 1. The zero-order chi connectivity index (χ0) is 18.6. The highest BCUT2D eigenvalue weighted by molar-refractivity contribution is 7.70. The Balaban J connectivity index is 1.40. The van der Waals surface area contributed by atoms with Crippen molar-refractivity contribution in [3.8, 4) is 22.8 Å². The highest BCUT2D eigenvalue weighted by Crippen LogP contribution is 2.36. The van der Waals surface area contributed by atoms with E-state index in [1.54, 1.807) is 6.33 Å². The molecule has 3 heterocycles. The van der Waals surface area contributed by atoms with Crippen molar-refractivity contribution in [2.75, 3.05) is 31.3 Å². The highest BCUT2D eigenvalue weighted by atomic mass is 32.2. The predicted octanol–water partition coefficient (Wildman–Crippen LogP) is 1.59. The zero-order valence-electron chi connectivity index (χ0n) is 14.8. The zero-order valence-corrected chi connectivity index (χ0v) is 15.7. The Morgan fingerprint density at radius 2 is 1.93 bits per heavy atom. The van der Waals surface area contributed by atoms with Crippen LogP contribution < -0.4 is 19.1 Å². The molecule has 0 bridgehead atoms. The predicted molar refractivity (Wildman–Crippen MR) is 101 cm³/mol. The molecule has 0 radical (unpaired) electrons. The second-order valence-corrected chi connectivity index (χ2v) is 7.54. The van der Waals surface area contributed by atoms with Crippen LogP contribution in [-0.4, -0.2) is 44.8 Å². The van der Waals surface area contributed by atoms with Gasteiger partial charge in [0.1, 0.15) is 12.1 Å². The first-order valence-electron chi connectivity index (χ1n) is 9.04. The lowest BCUT2D eigenvalue weighted by atomic mass is 9.93. The van der Waals surface area contributed by atoms with E-state index in [-0.39, 0.29) is 6.79 Å². The van der Waals surface area contributed by atoms with E-state index < -0.39 is 10.9 Å². The molecule has 2 aliphatic rings. The molecule has 27 heavy (non-hydrogen) atoms. The summed E-state index contributed by atoms with van der Waals surface area (Å²) in [4.78, 5) is 11.1. The highest BCUT2D eigenvalue weighted by Gasteiger charge is 2.21. The van der Waals surface area contributed by atoms with Gasteiger partial charge in [0.15, 0.2) is 11.5 Å². The maximum Gasteiger partial charge on any atom is 0.231 e. The Morgan fingerprint density at radius 1 is 1.11 bits per heavy atom. The third-order valence-corrected chi connectivity index (χ3v) is 5.53. The Labute approximate surface area is 159 Å². The van der Waals surface area contributed by atoms with Crippen LogP contribution in [0.1, 0.15) is 19.3 Å². The van der Waals surface area contributed by atoms with Crippen molar-refractivity contribution in [3.63, 3.8) is 0 Å². The third-order valence-electron chi connectivity index (χ3n) is 5.05. The van der Waals surface area contributed by atoms with Crippen LogP contribution in [0.4, 0.5) is 5.82 Å². The summed E-state index contributed by atoms with van der Waals surface area (Å²) in [6, 6.07) is 7.81. The van der Waals surface area contributed by atoms with E-state index in [0.717, 1.165) is 60.9 Å². The lowest BCUT2D eigenvalue weighted by Crippen LogP contribution is -2.35. The monoisotopic (exact) mass is 390 g/mol. The van der Waals surface area contributed by atoms with E-state index in [4.69, 9.17) is 9.47 Å². The normalized spacial score (nSPS) is 16.9. The SMILES string of the molecule is O=[SH](=O)NCCC1CCN(c2cc(-c3ccc4c(c3)OCO4)ncn2)CC1. The largest absolute Gasteiger partial charge is 0.454 e. The molecule has 1 fully saturated rings. The number of nitrogens with zero attached hydrogens (tertiary/aromatic N) is 3. The van der Waals surface area contributed by atoms with Crippen LogP contribution in [0.2, 0.25) is 0 Å². The fourth-order valence-electron chi connectivity index (χ4n) is 3.54. The molecule has 2 aliphatic heterocycles. The fourth-order valence-corrected chi connectivity index (χ4v) is 3.86. The van der Waals surface area contributed by atoms with Crippen LogP contribution in [0, 0.1) is 5.92 Å². The topological polar surface area (TPSA) is 93.7 Å². The standard InChI is InChI=1S/C18H22N4O4S/c23-27(24)21-6-3-13-4-7-22(8-5-13)18-10-15(19-11-20-18)14-1-2-16-17(9-14)26-12-25-16/h1-2,9-11,13,27H,3-8,12H2,(H,21,23,24). The molecule has 1 aromatic heterocycles. The summed E-state index contributed by atoms with van der Waals surface area (Å²) in [6.07, 6.45) is 4.53. The minimum absolute atomic E-state index is 0.254. The Kier molecular flexibility index (Phi) is 5.40. The summed E-state index contributed by atoms with van der Waals surface area (Å²) in [6.45, 7) is 2.59. The van der Waals surface area contributed by atoms with E-state index in [1.165, 1.54) is 0 Å². The van der Waals surface area contributed by atoms with E-state index in [1.807, 2.05) is 24.3 Å². The van der Waals surface area contributed by atoms with Crippen molar-refractivity contribution < 1.29 is 17.9 Å². The second-order valence-electron chi connectivity index (χ2n) is 6.71. The molecule has 9 heteroatoms. The number of hydrogen-bond donors (Lipinski definition) is 2. The van der Waals surface area contributed by atoms with Gasteiger partial charge in [-0.2, -0.15) is 0 Å². The quantitative estimate of drug-likeness (QED) is 0.724. The van der Waals surface area contributed by atoms with E-state index in [9.17, 15) is 8.42 Å². The molecule has 0 saturated carbocycles. The van der Waals surface area contributed by atoms with Crippen LogP contribution in [0.5, 0.6) is 11.5 Å². The summed E-state index contributed by atoms with van der Waals surface area (Å²) in [5.74, 6) is 2.95. The molecular formula is C18H22N4O4S. The lowest BCUT2D eigenvalue weighted by molar-refractivity contribution is 0.174. The number of aromatic nitrogens is 2. The van der Waals surface area contributed by atoms with Crippen LogP contribution >= 0.6 is 0 Å². The molecule has 2 aromatic rings. The summed E-state index contributed by atoms with van der Waals surface area (Å²) in [5.41, 5.74) is 1.82. The number of piperidine rings is 1. The summed E-state index contributed by atoms with van der Waals surface area (Å²) in [5, 5.41) is 0. The molecule has 0 aliphatic carbocycles. The number of ether oxygens (including phenoxy) is 2. The summed E-state index contributed by atoms with van der Waals surface area (Å²) >= 11 is 0. The molecule has 1 saturated heterocycles. The average Bonchev–Trinajstić information content (AvgIpc) is 3.16. The average molecular weight is 390 g/mol. The fraction of sp³-hybridized carbons (Fsp3) is 0.444. The number of nitrogens with one attached hydrogen (secondary N) is 1. The first kappa shape index (κ1) is 18.0.